The van der Waals surface area contributed by atoms with E-state index in [2.05, 4.69) is 0 Å². The third-order valence-corrected chi connectivity index (χ3v) is 2.57. The molecule has 0 fully saturated rings. The molecule has 1 aromatic rings. The van der Waals surface area contributed by atoms with Crippen molar-refractivity contribution in [2.75, 3.05) is 0 Å². The van der Waals surface area contributed by atoms with Gasteiger partial charge >= 0.3 is 0 Å². The van der Waals surface area contributed by atoms with Crippen molar-refractivity contribution in [1.82, 2.24) is 0 Å². The van der Waals surface area contributed by atoms with E-state index in [1.807, 2.05) is 37.3 Å². The Morgan fingerprint density at radius 1 is 1.29 bits per heavy atom. The third-order valence-electron chi connectivity index (χ3n) is 2.57. The fourth-order valence-corrected chi connectivity index (χ4v) is 1.63. The maximum atomic E-state index is 9.51. The zero-order valence-electron chi connectivity index (χ0n) is 8.23. The minimum Gasteiger partial charge on any atom is -0.462 e. The normalized spacial score (nSPS) is 21.4. The predicted octanol–water partition coefficient (Wildman–Crippen LogP) is 2.49. The summed E-state index contributed by atoms with van der Waals surface area (Å²) in [6.07, 6.45) is 1.31. The Bertz CT molecular complexity index is 341. The molecule has 1 aliphatic carbocycles. The largest absolute Gasteiger partial charge is 0.462 e. The van der Waals surface area contributed by atoms with Gasteiger partial charge < -0.3 is 9.84 Å². The van der Waals surface area contributed by atoms with Crippen molar-refractivity contribution >= 4 is 0 Å². The Hall–Kier alpha value is -1.28. The van der Waals surface area contributed by atoms with Gasteiger partial charge in [-0.15, -0.1) is 0 Å². The number of allylic oxidation sites excluding steroid dienone is 1. The molecule has 14 heavy (non-hydrogen) atoms. The van der Waals surface area contributed by atoms with Crippen molar-refractivity contribution in [3.05, 3.63) is 41.7 Å². The Morgan fingerprint density at radius 2 is 2.00 bits per heavy atom. The molecule has 0 bridgehead atoms. The highest BCUT2D eigenvalue weighted by Gasteiger charge is 2.21. The molecule has 2 heteroatoms. The summed E-state index contributed by atoms with van der Waals surface area (Å²) < 4.78 is 5.68. The van der Waals surface area contributed by atoms with Gasteiger partial charge in [-0.3, -0.25) is 0 Å². The van der Waals surface area contributed by atoms with Crippen LogP contribution in [0, 0.1) is 0 Å². The monoisotopic (exact) mass is 190 g/mol. The number of benzene rings is 1. The van der Waals surface area contributed by atoms with Crippen LogP contribution in [0.3, 0.4) is 0 Å². The van der Waals surface area contributed by atoms with Crippen LogP contribution in [0.15, 0.2) is 41.7 Å². The lowest BCUT2D eigenvalue weighted by atomic mass is 10.2. The van der Waals surface area contributed by atoms with Gasteiger partial charge in [0.25, 0.3) is 0 Å². The summed E-state index contributed by atoms with van der Waals surface area (Å²) in [4.78, 5) is 0. The smallest absolute Gasteiger partial charge is 0.126 e. The highest BCUT2D eigenvalue weighted by Crippen LogP contribution is 2.28. The quantitative estimate of drug-likeness (QED) is 0.776. The zero-order chi connectivity index (χ0) is 9.97. The summed E-state index contributed by atoms with van der Waals surface area (Å²) in [5.41, 5.74) is 0.967. The maximum absolute atomic E-state index is 9.51. The molecular weight excluding hydrogens is 176 g/mol. The van der Waals surface area contributed by atoms with E-state index in [1.165, 1.54) is 0 Å². The Morgan fingerprint density at radius 3 is 2.57 bits per heavy atom. The highest BCUT2D eigenvalue weighted by molar-refractivity contribution is 5.27. The van der Waals surface area contributed by atoms with Gasteiger partial charge in [-0.1, -0.05) is 18.2 Å². The van der Waals surface area contributed by atoms with Crippen molar-refractivity contribution in [2.24, 2.45) is 0 Å². The Balaban J connectivity index is 2.13. The summed E-state index contributed by atoms with van der Waals surface area (Å²) in [6.45, 7) is 1.93. The molecule has 0 spiro atoms. The molecule has 1 atom stereocenters. The molecule has 0 radical (unpaired) electrons. The summed E-state index contributed by atoms with van der Waals surface area (Å²) in [5.74, 6) is 1.76. The third kappa shape index (κ3) is 1.80. The number of para-hydroxylation sites is 1. The van der Waals surface area contributed by atoms with Gasteiger partial charge in [0, 0.05) is 6.42 Å². The second-order valence-corrected chi connectivity index (χ2v) is 3.58. The average Bonchev–Trinajstić information content (AvgIpc) is 2.52. The number of hydrogen-bond acceptors (Lipinski definition) is 2. The molecule has 0 unspecified atom stereocenters. The van der Waals surface area contributed by atoms with E-state index in [0.29, 0.717) is 0 Å². The standard InChI is InChI=1S/C12H14O2/c1-9-11(13)7-8-12(9)14-10-5-3-2-4-6-10/h2-6,11,13H,7-8H2,1H3/t11-/m0/s1. The molecule has 0 amide bonds. The van der Waals surface area contributed by atoms with Crippen LogP contribution in [-0.4, -0.2) is 11.2 Å². The van der Waals surface area contributed by atoms with Crippen molar-refractivity contribution in [1.29, 1.82) is 0 Å². The van der Waals surface area contributed by atoms with Gasteiger partial charge in [-0.25, -0.2) is 0 Å². The van der Waals surface area contributed by atoms with Crippen molar-refractivity contribution in [3.63, 3.8) is 0 Å². The van der Waals surface area contributed by atoms with Gasteiger partial charge in [0.15, 0.2) is 0 Å². The van der Waals surface area contributed by atoms with Crippen LogP contribution in [0.5, 0.6) is 5.75 Å². The summed E-state index contributed by atoms with van der Waals surface area (Å²) in [5, 5.41) is 9.51. The molecule has 1 N–H and O–H groups in total. The van der Waals surface area contributed by atoms with E-state index in [1.54, 1.807) is 0 Å². The molecule has 0 saturated carbocycles. The van der Waals surface area contributed by atoms with Gasteiger partial charge in [0.1, 0.15) is 11.5 Å². The number of aliphatic hydroxyl groups excluding tert-OH is 1. The lowest BCUT2D eigenvalue weighted by Crippen LogP contribution is -2.02. The van der Waals surface area contributed by atoms with Crippen molar-refractivity contribution in [3.8, 4) is 5.75 Å². The van der Waals surface area contributed by atoms with Gasteiger partial charge in [0.05, 0.1) is 6.10 Å². The first-order valence-electron chi connectivity index (χ1n) is 4.88. The number of aliphatic hydroxyl groups is 1. The Labute approximate surface area is 83.8 Å². The lowest BCUT2D eigenvalue weighted by Gasteiger charge is -2.07. The van der Waals surface area contributed by atoms with Crippen molar-refractivity contribution < 1.29 is 9.84 Å². The predicted molar refractivity (Wildman–Crippen MR) is 55.0 cm³/mol. The molecule has 1 aromatic carbocycles. The molecule has 0 heterocycles. The first-order chi connectivity index (χ1) is 6.77. The van der Waals surface area contributed by atoms with Crippen LogP contribution in [0.25, 0.3) is 0 Å². The molecule has 0 saturated heterocycles. The summed E-state index contributed by atoms with van der Waals surface area (Å²) in [7, 11) is 0. The van der Waals surface area contributed by atoms with E-state index >= 15 is 0 Å². The van der Waals surface area contributed by atoms with Crippen LogP contribution in [0.4, 0.5) is 0 Å². The van der Waals surface area contributed by atoms with Gasteiger partial charge in [-0.05, 0) is 31.1 Å². The molecule has 2 nitrogen and oxygen atoms in total. The lowest BCUT2D eigenvalue weighted by molar-refractivity contribution is 0.212. The van der Waals surface area contributed by atoms with E-state index in [4.69, 9.17) is 4.74 Å². The van der Waals surface area contributed by atoms with E-state index in [-0.39, 0.29) is 6.10 Å². The number of ether oxygens (including phenoxy) is 1. The second-order valence-electron chi connectivity index (χ2n) is 3.58. The maximum Gasteiger partial charge on any atom is 0.126 e. The molecule has 74 valence electrons. The molecule has 2 rings (SSSR count). The zero-order valence-corrected chi connectivity index (χ0v) is 8.23. The van der Waals surface area contributed by atoms with Gasteiger partial charge in [-0.2, -0.15) is 0 Å². The molecule has 0 aromatic heterocycles. The van der Waals surface area contributed by atoms with Gasteiger partial charge in [0.2, 0.25) is 0 Å². The van der Waals surface area contributed by atoms with Crippen molar-refractivity contribution in [2.45, 2.75) is 25.9 Å². The minimum atomic E-state index is -0.311. The van der Waals surface area contributed by atoms with Crippen LogP contribution < -0.4 is 4.74 Å². The van der Waals surface area contributed by atoms with E-state index in [9.17, 15) is 5.11 Å². The first kappa shape index (κ1) is 9.28. The average molecular weight is 190 g/mol. The van der Waals surface area contributed by atoms with Crippen LogP contribution in [0.2, 0.25) is 0 Å². The van der Waals surface area contributed by atoms with Crippen LogP contribution >= 0.6 is 0 Å². The fourth-order valence-electron chi connectivity index (χ4n) is 1.63. The van der Waals surface area contributed by atoms with E-state index in [0.717, 1.165) is 29.9 Å². The van der Waals surface area contributed by atoms with Crippen LogP contribution in [-0.2, 0) is 0 Å². The topological polar surface area (TPSA) is 29.5 Å². The molecule has 1 aliphatic rings. The summed E-state index contributed by atoms with van der Waals surface area (Å²) >= 11 is 0. The second kappa shape index (κ2) is 3.84. The SMILES string of the molecule is CC1=C(Oc2ccccc2)CC[C@@H]1O. The minimum absolute atomic E-state index is 0.311. The summed E-state index contributed by atoms with van der Waals surface area (Å²) in [6, 6.07) is 9.68. The van der Waals surface area contributed by atoms with E-state index < -0.39 is 0 Å². The Kier molecular flexibility index (Phi) is 2.55. The van der Waals surface area contributed by atoms with Crippen LogP contribution in [0.1, 0.15) is 19.8 Å². The number of hydrogen-bond donors (Lipinski definition) is 1. The molecular formula is C12H14O2. The highest BCUT2D eigenvalue weighted by atomic mass is 16.5. The molecule has 0 aliphatic heterocycles. The first-order valence-corrected chi connectivity index (χ1v) is 4.88. The fraction of sp³-hybridized carbons (Fsp3) is 0.333. The number of rotatable bonds is 2.